The molecule has 0 spiro atoms. The molecule has 1 amide bonds. The predicted octanol–water partition coefficient (Wildman–Crippen LogP) is 4.27. The number of fused-ring (bicyclic) bond motifs is 1. The first-order valence-electron chi connectivity index (χ1n) is 10.2. The number of hydrogen-bond donors (Lipinski definition) is 0. The van der Waals surface area contributed by atoms with Crippen LogP contribution < -0.4 is 4.90 Å². The minimum atomic E-state index is 0.0543. The lowest BCUT2D eigenvalue weighted by atomic mass is 9.99. The molecule has 4 rings (SSSR count). The number of aryl methyl sites for hydroxylation is 2. The van der Waals surface area contributed by atoms with Crippen molar-refractivity contribution in [2.24, 2.45) is 0 Å². The summed E-state index contributed by atoms with van der Waals surface area (Å²) in [5.41, 5.74) is 3.07. The molecule has 0 aliphatic carbocycles. The first-order chi connectivity index (χ1) is 13.2. The number of anilines is 2. The highest BCUT2D eigenvalue weighted by molar-refractivity contribution is 5.93. The SMILES string of the molecule is CCC1CCCCN1C(=O)c1cc(N2CCCc3ccccc32)nc(C)n1. The molecule has 1 aromatic carbocycles. The van der Waals surface area contributed by atoms with Crippen LogP contribution in [-0.4, -0.2) is 39.9 Å². The monoisotopic (exact) mass is 364 g/mol. The van der Waals surface area contributed by atoms with Gasteiger partial charge < -0.3 is 9.80 Å². The van der Waals surface area contributed by atoms with Crippen molar-refractivity contribution in [2.75, 3.05) is 18.0 Å². The second-order valence-corrected chi connectivity index (χ2v) is 7.60. The maximum atomic E-state index is 13.2. The summed E-state index contributed by atoms with van der Waals surface area (Å²) in [6, 6.07) is 10.7. The number of nitrogens with zero attached hydrogens (tertiary/aromatic N) is 4. The number of amides is 1. The van der Waals surface area contributed by atoms with Crippen molar-refractivity contribution < 1.29 is 4.79 Å². The van der Waals surface area contributed by atoms with E-state index >= 15 is 0 Å². The summed E-state index contributed by atoms with van der Waals surface area (Å²) in [6.07, 6.45) is 6.57. The molecule has 1 saturated heterocycles. The molecular weight excluding hydrogens is 336 g/mol. The van der Waals surface area contributed by atoms with Gasteiger partial charge in [0.1, 0.15) is 17.3 Å². The van der Waals surface area contributed by atoms with Gasteiger partial charge in [0, 0.05) is 30.9 Å². The van der Waals surface area contributed by atoms with Gasteiger partial charge in [-0.2, -0.15) is 0 Å². The summed E-state index contributed by atoms with van der Waals surface area (Å²) in [5.74, 6) is 1.55. The Labute approximate surface area is 161 Å². The van der Waals surface area contributed by atoms with Crippen LogP contribution in [0.4, 0.5) is 11.5 Å². The van der Waals surface area contributed by atoms with Gasteiger partial charge in [-0.25, -0.2) is 9.97 Å². The molecular formula is C22H28N4O. The first kappa shape index (κ1) is 18.0. The van der Waals surface area contributed by atoms with E-state index in [0.29, 0.717) is 17.6 Å². The van der Waals surface area contributed by atoms with Gasteiger partial charge in [0.05, 0.1) is 0 Å². The zero-order chi connectivity index (χ0) is 18.8. The average Bonchev–Trinajstić information content (AvgIpc) is 2.72. The molecule has 0 bridgehead atoms. The normalized spacial score (nSPS) is 19.7. The molecule has 1 aromatic heterocycles. The predicted molar refractivity (Wildman–Crippen MR) is 108 cm³/mol. The Morgan fingerprint density at radius 3 is 2.85 bits per heavy atom. The van der Waals surface area contributed by atoms with Crippen LogP contribution in [0.5, 0.6) is 0 Å². The summed E-state index contributed by atoms with van der Waals surface area (Å²) in [5, 5.41) is 0. The summed E-state index contributed by atoms with van der Waals surface area (Å²) >= 11 is 0. The number of benzene rings is 1. The Kier molecular flexibility index (Phi) is 5.10. The molecule has 1 fully saturated rings. The summed E-state index contributed by atoms with van der Waals surface area (Å²) < 4.78 is 0. The van der Waals surface area contributed by atoms with Gasteiger partial charge >= 0.3 is 0 Å². The molecule has 2 aromatic rings. The summed E-state index contributed by atoms with van der Waals surface area (Å²) in [4.78, 5) is 26.6. The molecule has 142 valence electrons. The Balaban J connectivity index is 1.67. The van der Waals surface area contributed by atoms with Crippen molar-refractivity contribution in [3.8, 4) is 0 Å². The Bertz CT molecular complexity index is 835. The quantitative estimate of drug-likeness (QED) is 0.816. The molecule has 5 nitrogen and oxygen atoms in total. The zero-order valence-corrected chi connectivity index (χ0v) is 16.3. The van der Waals surface area contributed by atoms with Crippen LogP contribution in [0.25, 0.3) is 0 Å². The van der Waals surface area contributed by atoms with E-state index < -0.39 is 0 Å². The largest absolute Gasteiger partial charge is 0.334 e. The number of carbonyl (C=O) groups is 1. The Morgan fingerprint density at radius 1 is 1.15 bits per heavy atom. The molecule has 2 aliphatic rings. The van der Waals surface area contributed by atoms with Crippen molar-refractivity contribution in [3.63, 3.8) is 0 Å². The van der Waals surface area contributed by atoms with Crippen molar-refractivity contribution >= 4 is 17.4 Å². The highest BCUT2D eigenvalue weighted by Crippen LogP contribution is 2.32. The molecule has 2 aliphatic heterocycles. The average molecular weight is 364 g/mol. The lowest BCUT2D eigenvalue weighted by molar-refractivity contribution is 0.0601. The molecule has 1 unspecified atom stereocenters. The van der Waals surface area contributed by atoms with Crippen LogP contribution in [0.2, 0.25) is 0 Å². The fraction of sp³-hybridized carbons (Fsp3) is 0.500. The zero-order valence-electron chi connectivity index (χ0n) is 16.3. The fourth-order valence-corrected chi connectivity index (χ4v) is 4.41. The second-order valence-electron chi connectivity index (χ2n) is 7.60. The van der Waals surface area contributed by atoms with E-state index in [0.717, 1.165) is 51.0 Å². The molecule has 27 heavy (non-hydrogen) atoms. The molecule has 3 heterocycles. The van der Waals surface area contributed by atoms with Gasteiger partial charge in [0.25, 0.3) is 5.91 Å². The number of para-hydroxylation sites is 1. The standard InChI is InChI=1S/C22H28N4O/c1-3-18-11-6-7-13-25(18)22(27)19-15-21(24-16(2)23-19)26-14-8-10-17-9-4-5-12-20(17)26/h4-5,9,12,15,18H,3,6-8,10-11,13-14H2,1-2H3. The lowest BCUT2D eigenvalue weighted by Gasteiger charge is -2.35. The second kappa shape index (κ2) is 7.67. The summed E-state index contributed by atoms with van der Waals surface area (Å²) in [6.45, 7) is 5.80. The maximum Gasteiger partial charge on any atom is 0.272 e. The Morgan fingerprint density at radius 2 is 2.00 bits per heavy atom. The van der Waals surface area contributed by atoms with Gasteiger partial charge in [0.15, 0.2) is 0 Å². The van der Waals surface area contributed by atoms with Crippen molar-refractivity contribution in [1.29, 1.82) is 0 Å². The lowest BCUT2D eigenvalue weighted by Crippen LogP contribution is -2.43. The Hall–Kier alpha value is -2.43. The van der Waals surface area contributed by atoms with E-state index in [2.05, 4.69) is 46.1 Å². The van der Waals surface area contributed by atoms with Crippen LogP contribution >= 0.6 is 0 Å². The third kappa shape index (κ3) is 3.55. The molecule has 5 heteroatoms. The van der Waals surface area contributed by atoms with E-state index in [1.165, 1.54) is 17.7 Å². The molecule has 1 atom stereocenters. The smallest absolute Gasteiger partial charge is 0.272 e. The fourth-order valence-electron chi connectivity index (χ4n) is 4.41. The van der Waals surface area contributed by atoms with Crippen molar-refractivity contribution in [1.82, 2.24) is 14.9 Å². The molecule has 0 N–H and O–H groups in total. The number of aromatic nitrogens is 2. The number of likely N-dealkylation sites (tertiary alicyclic amines) is 1. The maximum absolute atomic E-state index is 13.2. The minimum absolute atomic E-state index is 0.0543. The van der Waals surface area contributed by atoms with E-state index in [1.54, 1.807) is 0 Å². The van der Waals surface area contributed by atoms with E-state index in [-0.39, 0.29) is 5.91 Å². The van der Waals surface area contributed by atoms with Gasteiger partial charge in [-0.1, -0.05) is 25.1 Å². The molecule has 0 radical (unpaired) electrons. The van der Waals surface area contributed by atoms with Gasteiger partial charge in [0.2, 0.25) is 0 Å². The van der Waals surface area contributed by atoms with Crippen LogP contribution in [0.1, 0.15) is 60.9 Å². The van der Waals surface area contributed by atoms with Gasteiger partial charge in [-0.05, 0) is 57.1 Å². The van der Waals surface area contributed by atoms with Crippen LogP contribution in [0, 0.1) is 6.92 Å². The van der Waals surface area contributed by atoms with Crippen LogP contribution in [0.3, 0.4) is 0 Å². The van der Waals surface area contributed by atoms with E-state index in [1.807, 2.05) is 17.9 Å². The van der Waals surface area contributed by atoms with Gasteiger partial charge in [-0.3, -0.25) is 4.79 Å². The van der Waals surface area contributed by atoms with E-state index in [4.69, 9.17) is 0 Å². The number of rotatable bonds is 3. The topological polar surface area (TPSA) is 49.3 Å². The highest BCUT2D eigenvalue weighted by Gasteiger charge is 2.28. The minimum Gasteiger partial charge on any atom is -0.334 e. The number of carbonyl (C=O) groups excluding carboxylic acids is 1. The molecule has 0 saturated carbocycles. The third-order valence-electron chi connectivity index (χ3n) is 5.79. The van der Waals surface area contributed by atoms with Crippen molar-refractivity contribution in [2.45, 2.75) is 58.4 Å². The van der Waals surface area contributed by atoms with Crippen molar-refractivity contribution in [3.05, 3.63) is 47.4 Å². The highest BCUT2D eigenvalue weighted by atomic mass is 16.2. The summed E-state index contributed by atoms with van der Waals surface area (Å²) in [7, 11) is 0. The first-order valence-corrected chi connectivity index (χ1v) is 10.2. The van der Waals surface area contributed by atoms with Gasteiger partial charge in [-0.15, -0.1) is 0 Å². The number of hydrogen-bond acceptors (Lipinski definition) is 4. The van der Waals surface area contributed by atoms with Crippen LogP contribution in [-0.2, 0) is 6.42 Å². The van der Waals surface area contributed by atoms with E-state index in [9.17, 15) is 4.79 Å². The number of piperidine rings is 1. The third-order valence-corrected chi connectivity index (χ3v) is 5.79. The van der Waals surface area contributed by atoms with Crippen LogP contribution in [0.15, 0.2) is 30.3 Å².